The minimum Gasteiger partial charge on any atom is -0.463 e. The molecule has 0 bridgehead atoms. The number of carbonyl (C=O) groups excluding carboxylic acids is 1. The van der Waals surface area contributed by atoms with Gasteiger partial charge in [-0.15, -0.1) is 0 Å². The van der Waals surface area contributed by atoms with Gasteiger partial charge in [0.15, 0.2) is 0 Å². The second-order valence-corrected chi connectivity index (χ2v) is 5.89. The molecule has 1 aliphatic rings. The predicted octanol–water partition coefficient (Wildman–Crippen LogP) is 3.56. The Labute approximate surface area is 145 Å². The number of carbonyl (C=O) groups is 1. The SMILES string of the molecule is O=C(N/N=C\c1ccco1)c1cccc(N2Cc3ccccc3C2)c1. The van der Waals surface area contributed by atoms with Crippen molar-refractivity contribution in [1.82, 2.24) is 5.43 Å². The van der Waals surface area contributed by atoms with Gasteiger partial charge in [-0.3, -0.25) is 4.79 Å². The number of amides is 1. The number of furan rings is 1. The van der Waals surface area contributed by atoms with E-state index in [2.05, 4.69) is 39.7 Å². The molecule has 1 amide bonds. The fourth-order valence-corrected chi connectivity index (χ4v) is 2.94. The van der Waals surface area contributed by atoms with Gasteiger partial charge in [0, 0.05) is 24.3 Å². The summed E-state index contributed by atoms with van der Waals surface area (Å²) in [7, 11) is 0. The summed E-state index contributed by atoms with van der Waals surface area (Å²) in [6, 6.07) is 19.5. The lowest BCUT2D eigenvalue weighted by atomic mass is 10.1. The quantitative estimate of drug-likeness (QED) is 0.587. The van der Waals surface area contributed by atoms with Crippen molar-refractivity contribution in [2.24, 2.45) is 5.10 Å². The smallest absolute Gasteiger partial charge is 0.271 e. The van der Waals surface area contributed by atoms with Crippen LogP contribution < -0.4 is 10.3 Å². The monoisotopic (exact) mass is 331 g/mol. The first-order valence-electron chi connectivity index (χ1n) is 8.08. The van der Waals surface area contributed by atoms with Crippen LogP contribution in [0, 0.1) is 0 Å². The molecular formula is C20H17N3O2. The molecule has 1 aliphatic heterocycles. The summed E-state index contributed by atoms with van der Waals surface area (Å²) in [4.78, 5) is 14.5. The molecule has 0 unspecified atom stereocenters. The molecule has 124 valence electrons. The van der Waals surface area contributed by atoms with E-state index in [1.807, 2.05) is 18.2 Å². The van der Waals surface area contributed by atoms with Crippen LogP contribution in [0.1, 0.15) is 27.2 Å². The normalized spacial score (nSPS) is 13.2. The van der Waals surface area contributed by atoms with Gasteiger partial charge in [0.2, 0.25) is 0 Å². The van der Waals surface area contributed by atoms with Crippen LogP contribution in [0.2, 0.25) is 0 Å². The summed E-state index contributed by atoms with van der Waals surface area (Å²) in [5, 5.41) is 3.92. The molecule has 0 spiro atoms. The molecule has 0 fully saturated rings. The maximum absolute atomic E-state index is 12.3. The fraction of sp³-hybridized carbons (Fsp3) is 0.100. The Kier molecular flexibility index (Phi) is 4.04. The van der Waals surface area contributed by atoms with Crippen LogP contribution in [0.25, 0.3) is 0 Å². The van der Waals surface area contributed by atoms with Crippen LogP contribution in [0.5, 0.6) is 0 Å². The molecule has 4 rings (SSSR count). The summed E-state index contributed by atoms with van der Waals surface area (Å²) >= 11 is 0. The van der Waals surface area contributed by atoms with E-state index in [-0.39, 0.29) is 5.91 Å². The molecule has 0 saturated heterocycles. The van der Waals surface area contributed by atoms with Crippen LogP contribution in [-0.2, 0) is 13.1 Å². The highest BCUT2D eigenvalue weighted by molar-refractivity contribution is 5.95. The first kappa shape index (κ1) is 15.2. The van der Waals surface area contributed by atoms with Gasteiger partial charge in [-0.1, -0.05) is 30.3 Å². The molecule has 0 saturated carbocycles. The van der Waals surface area contributed by atoms with Gasteiger partial charge in [0.05, 0.1) is 12.5 Å². The Morgan fingerprint density at radius 1 is 1.04 bits per heavy atom. The van der Waals surface area contributed by atoms with Crippen molar-refractivity contribution >= 4 is 17.8 Å². The summed E-state index contributed by atoms with van der Waals surface area (Å²) in [6.45, 7) is 1.72. The highest BCUT2D eigenvalue weighted by atomic mass is 16.3. The van der Waals surface area contributed by atoms with Gasteiger partial charge in [0.1, 0.15) is 5.76 Å². The van der Waals surface area contributed by atoms with Gasteiger partial charge in [-0.2, -0.15) is 5.10 Å². The lowest BCUT2D eigenvalue weighted by Gasteiger charge is -2.18. The van der Waals surface area contributed by atoms with E-state index in [1.165, 1.54) is 17.3 Å². The van der Waals surface area contributed by atoms with Crippen LogP contribution in [-0.4, -0.2) is 12.1 Å². The summed E-state index contributed by atoms with van der Waals surface area (Å²) in [6.07, 6.45) is 3.03. The van der Waals surface area contributed by atoms with Gasteiger partial charge in [0.25, 0.3) is 5.91 Å². The Morgan fingerprint density at radius 2 is 1.84 bits per heavy atom. The van der Waals surface area contributed by atoms with Gasteiger partial charge in [-0.05, 0) is 41.5 Å². The lowest BCUT2D eigenvalue weighted by Crippen LogP contribution is -2.19. The third kappa shape index (κ3) is 3.30. The number of rotatable bonds is 4. The number of hydrazone groups is 1. The van der Waals surface area contributed by atoms with Crippen molar-refractivity contribution in [3.63, 3.8) is 0 Å². The van der Waals surface area contributed by atoms with Gasteiger partial charge >= 0.3 is 0 Å². The molecule has 0 atom stereocenters. The van der Waals surface area contributed by atoms with Crippen LogP contribution in [0.15, 0.2) is 76.4 Å². The van der Waals surface area contributed by atoms with Crippen molar-refractivity contribution in [1.29, 1.82) is 0 Å². The Bertz CT molecular complexity index is 891. The van der Waals surface area contributed by atoms with Crippen molar-refractivity contribution in [3.05, 3.63) is 89.4 Å². The number of nitrogens with one attached hydrogen (secondary N) is 1. The Morgan fingerprint density at radius 3 is 2.56 bits per heavy atom. The topological polar surface area (TPSA) is 57.8 Å². The molecular weight excluding hydrogens is 314 g/mol. The van der Waals surface area contributed by atoms with Crippen LogP contribution >= 0.6 is 0 Å². The molecule has 0 aliphatic carbocycles. The molecule has 25 heavy (non-hydrogen) atoms. The van der Waals surface area contributed by atoms with Crippen molar-refractivity contribution in [3.8, 4) is 0 Å². The zero-order valence-electron chi connectivity index (χ0n) is 13.6. The Balaban J connectivity index is 1.46. The molecule has 0 radical (unpaired) electrons. The van der Waals surface area contributed by atoms with Crippen molar-refractivity contribution in [2.45, 2.75) is 13.1 Å². The second-order valence-electron chi connectivity index (χ2n) is 5.89. The van der Waals surface area contributed by atoms with Crippen LogP contribution in [0.4, 0.5) is 5.69 Å². The van der Waals surface area contributed by atoms with Gasteiger partial charge in [-0.25, -0.2) is 5.43 Å². The second kappa shape index (κ2) is 6.65. The fourth-order valence-electron chi connectivity index (χ4n) is 2.94. The van der Waals surface area contributed by atoms with Crippen LogP contribution in [0.3, 0.4) is 0 Å². The average Bonchev–Trinajstić information content (AvgIpc) is 3.31. The molecule has 2 aromatic carbocycles. The zero-order chi connectivity index (χ0) is 17.1. The highest BCUT2D eigenvalue weighted by Gasteiger charge is 2.19. The maximum atomic E-state index is 12.3. The third-order valence-corrected chi connectivity index (χ3v) is 4.22. The van der Waals surface area contributed by atoms with Crippen molar-refractivity contribution in [2.75, 3.05) is 4.90 Å². The average molecular weight is 331 g/mol. The highest BCUT2D eigenvalue weighted by Crippen LogP contribution is 2.28. The number of fused-ring (bicyclic) bond motifs is 1. The molecule has 1 N–H and O–H groups in total. The summed E-state index contributed by atoms with van der Waals surface area (Å²) in [5.74, 6) is 0.338. The molecule has 5 nitrogen and oxygen atoms in total. The first-order chi connectivity index (χ1) is 12.3. The van der Waals surface area contributed by atoms with E-state index in [1.54, 1.807) is 24.5 Å². The standard InChI is InChI=1S/C20H17N3O2/c24-20(22-21-12-19-9-4-10-25-19)15-7-3-8-18(11-15)23-13-16-5-1-2-6-17(16)14-23/h1-12H,13-14H2,(H,22,24)/b21-12-. The number of hydrogen-bond donors (Lipinski definition) is 1. The molecule has 5 heteroatoms. The van der Waals surface area contributed by atoms with E-state index in [9.17, 15) is 4.79 Å². The number of benzene rings is 2. The molecule has 1 aromatic heterocycles. The van der Waals surface area contributed by atoms with E-state index in [0.717, 1.165) is 18.8 Å². The number of anilines is 1. The van der Waals surface area contributed by atoms with E-state index >= 15 is 0 Å². The minimum atomic E-state index is -0.249. The van der Waals surface area contributed by atoms with E-state index < -0.39 is 0 Å². The predicted molar refractivity (Wildman–Crippen MR) is 96.5 cm³/mol. The Hall–Kier alpha value is -3.34. The number of hydrogen-bond acceptors (Lipinski definition) is 4. The first-order valence-corrected chi connectivity index (χ1v) is 8.08. The van der Waals surface area contributed by atoms with E-state index in [0.29, 0.717) is 11.3 Å². The van der Waals surface area contributed by atoms with Gasteiger partial charge < -0.3 is 9.32 Å². The maximum Gasteiger partial charge on any atom is 0.271 e. The number of nitrogens with zero attached hydrogens (tertiary/aromatic N) is 2. The summed E-state index contributed by atoms with van der Waals surface area (Å²) < 4.78 is 5.13. The molecule has 2 heterocycles. The minimum absolute atomic E-state index is 0.249. The molecule has 3 aromatic rings. The van der Waals surface area contributed by atoms with E-state index in [4.69, 9.17) is 4.42 Å². The largest absolute Gasteiger partial charge is 0.463 e. The lowest BCUT2D eigenvalue weighted by molar-refractivity contribution is 0.0955. The van der Waals surface area contributed by atoms with Crippen molar-refractivity contribution < 1.29 is 9.21 Å². The summed E-state index contributed by atoms with van der Waals surface area (Å²) in [5.41, 5.74) is 6.79. The third-order valence-electron chi connectivity index (χ3n) is 4.22. The zero-order valence-corrected chi connectivity index (χ0v) is 13.6.